The molecular formula is C19H26ClN5O3S2. The molecule has 3 atom stereocenters. The van der Waals surface area contributed by atoms with Crippen LogP contribution in [-0.4, -0.2) is 51.2 Å². The van der Waals surface area contributed by atoms with Crippen LogP contribution < -0.4 is 10.0 Å². The molecule has 11 heteroatoms. The van der Waals surface area contributed by atoms with Crippen LogP contribution >= 0.6 is 11.6 Å². The molecule has 30 heavy (non-hydrogen) atoms. The maximum Gasteiger partial charge on any atom is 0.167 e. The maximum atomic E-state index is 12.3. The van der Waals surface area contributed by atoms with Gasteiger partial charge in [0.25, 0.3) is 0 Å². The second-order valence-electron chi connectivity index (χ2n) is 8.48. The molecule has 1 saturated heterocycles. The smallest absolute Gasteiger partial charge is 0.167 e. The lowest BCUT2D eigenvalue weighted by Gasteiger charge is -2.36. The summed E-state index contributed by atoms with van der Waals surface area (Å²) in [5.41, 5.74) is 1.58. The maximum absolute atomic E-state index is 12.3. The van der Waals surface area contributed by atoms with Gasteiger partial charge < -0.3 is 9.45 Å². The van der Waals surface area contributed by atoms with Gasteiger partial charge in [0.05, 0.1) is 16.0 Å². The van der Waals surface area contributed by atoms with Crippen LogP contribution in [0.25, 0.3) is 5.52 Å². The van der Waals surface area contributed by atoms with Crippen LogP contribution in [0.3, 0.4) is 0 Å². The Bertz CT molecular complexity index is 1110. The van der Waals surface area contributed by atoms with E-state index in [0.29, 0.717) is 30.0 Å². The normalized spacial score (nSPS) is 21.4. The van der Waals surface area contributed by atoms with E-state index in [4.69, 9.17) is 16.7 Å². The molecule has 1 aliphatic heterocycles. The van der Waals surface area contributed by atoms with Crippen molar-refractivity contribution in [2.45, 2.75) is 50.0 Å². The molecule has 0 amide bonds. The van der Waals surface area contributed by atoms with Gasteiger partial charge in [-0.25, -0.2) is 13.4 Å². The summed E-state index contributed by atoms with van der Waals surface area (Å²) < 4.78 is 37.6. The molecule has 3 rings (SSSR count). The first-order chi connectivity index (χ1) is 13.9. The predicted octanol–water partition coefficient (Wildman–Crippen LogP) is 2.38. The van der Waals surface area contributed by atoms with E-state index in [1.165, 1.54) is 0 Å². The quantitative estimate of drug-likeness (QED) is 0.663. The van der Waals surface area contributed by atoms with Gasteiger partial charge in [0.2, 0.25) is 0 Å². The fourth-order valence-corrected chi connectivity index (χ4v) is 6.00. The van der Waals surface area contributed by atoms with Crippen LogP contribution in [0.2, 0.25) is 5.02 Å². The van der Waals surface area contributed by atoms with E-state index < -0.39 is 31.2 Å². The van der Waals surface area contributed by atoms with Gasteiger partial charge >= 0.3 is 0 Å². The van der Waals surface area contributed by atoms with Gasteiger partial charge in [0.15, 0.2) is 15.5 Å². The van der Waals surface area contributed by atoms with E-state index in [1.54, 1.807) is 17.7 Å². The van der Waals surface area contributed by atoms with Gasteiger partial charge in [0.1, 0.15) is 28.5 Å². The van der Waals surface area contributed by atoms with Crippen molar-refractivity contribution >= 4 is 44.1 Å². The lowest BCUT2D eigenvalue weighted by molar-refractivity contribution is 0.499. The number of halogens is 1. The second kappa shape index (κ2) is 8.20. The zero-order valence-electron chi connectivity index (χ0n) is 17.4. The van der Waals surface area contributed by atoms with E-state index in [1.807, 2.05) is 31.7 Å². The van der Waals surface area contributed by atoms with Gasteiger partial charge in [-0.3, -0.25) is 4.40 Å². The van der Waals surface area contributed by atoms with Gasteiger partial charge in [-0.05, 0) is 38.3 Å². The van der Waals surface area contributed by atoms with E-state index >= 15 is 0 Å². The Hall–Kier alpha value is -1.51. The van der Waals surface area contributed by atoms with Crippen molar-refractivity contribution in [2.75, 3.05) is 23.7 Å². The molecular weight excluding hydrogens is 446 g/mol. The molecule has 0 saturated carbocycles. The van der Waals surface area contributed by atoms with Crippen molar-refractivity contribution in [3.8, 4) is 6.07 Å². The summed E-state index contributed by atoms with van der Waals surface area (Å²) >= 11 is 5.02. The van der Waals surface area contributed by atoms with Crippen LogP contribution in [0.15, 0.2) is 12.4 Å². The number of nitrogens with two attached hydrogens (primary N) is 1. The Morgan fingerprint density at radius 1 is 1.53 bits per heavy atom. The van der Waals surface area contributed by atoms with Crippen molar-refractivity contribution in [3.05, 3.63) is 28.7 Å². The highest BCUT2D eigenvalue weighted by Gasteiger charge is 2.36. The van der Waals surface area contributed by atoms with Gasteiger partial charge in [-0.1, -0.05) is 18.5 Å². The van der Waals surface area contributed by atoms with Crippen LogP contribution in [0.4, 0.5) is 5.82 Å². The molecule has 2 aromatic heterocycles. The molecule has 164 valence electrons. The zero-order valence-corrected chi connectivity index (χ0v) is 19.8. The highest BCUT2D eigenvalue weighted by molar-refractivity contribution is 7.92. The molecule has 0 radical (unpaired) electrons. The third kappa shape index (κ3) is 4.14. The SMILES string of the molecule is CC(CC(C)(C)[S+](N)[O-])c1cc(Cl)c2c(C#N)ncn2c1N1CCS(=O)(=O)C(C)C1. The zero-order chi connectivity index (χ0) is 22.4. The summed E-state index contributed by atoms with van der Waals surface area (Å²) in [4.78, 5) is 6.19. The summed E-state index contributed by atoms with van der Waals surface area (Å²) in [5, 5.41) is 15.0. The Morgan fingerprint density at radius 3 is 2.77 bits per heavy atom. The third-order valence-electron chi connectivity index (χ3n) is 5.78. The number of sulfone groups is 1. The molecule has 1 fully saturated rings. The van der Waals surface area contributed by atoms with Crippen molar-refractivity contribution in [1.29, 1.82) is 5.26 Å². The molecule has 8 nitrogen and oxygen atoms in total. The first kappa shape index (κ1) is 23.2. The van der Waals surface area contributed by atoms with Crippen LogP contribution in [0.1, 0.15) is 51.3 Å². The van der Waals surface area contributed by atoms with E-state index in [9.17, 15) is 18.2 Å². The molecule has 0 bridgehead atoms. The minimum Gasteiger partial charge on any atom is -0.598 e. The second-order valence-corrected chi connectivity index (χ2v) is 13.1. The van der Waals surface area contributed by atoms with E-state index in [0.717, 1.165) is 11.4 Å². The highest BCUT2D eigenvalue weighted by Crippen LogP contribution is 2.39. The summed E-state index contributed by atoms with van der Waals surface area (Å²) in [6, 6.07) is 3.87. The van der Waals surface area contributed by atoms with Crippen molar-refractivity contribution in [3.63, 3.8) is 0 Å². The molecule has 2 N–H and O–H groups in total. The average Bonchev–Trinajstić information content (AvgIpc) is 3.08. The monoisotopic (exact) mass is 471 g/mol. The topological polar surface area (TPSA) is 128 Å². The number of pyridine rings is 1. The van der Waals surface area contributed by atoms with E-state index in [-0.39, 0.29) is 17.4 Å². The molecule has 3 heterocycles. The Morgan fingerprint density at radius 2 is 2.20 bits per heavy atom. The Kier molecular flexibility index (Phi) is 6.33. The number of aromatic nitrogens is 2. The largest absolute Gasteiger partial charge is 0.598 e. The summed E-state index contributed by atoms with van der Waals surface area (Å²) in [5.74, 6) is 0.729. The molecule has 0 spiro atoms. The number of anilines is 1. The fourth-order valence-electron chi connectivity index (χ4n) is 4.00. The van der Waals surface area contributed by atoms with Crippen LogP contribution in [-0.2, 0) is 21.2 Å². The van der Waals surface area contributed by atoms with Gasteiger partial charge in [-0.15, -0.1) is 0 Å². The van der Waals surface area contributed by atoms with Crippen molar-refractivity contribution < 1.29 is 13.0 Å². The Balaban J connectivity index is 2.17. The highest BCUT2D eigenvalue weighted by atomic mass is 35.5. The molecule has 0 aliphatic carbocycles. The lowest BCUT2D eigenvalue weighted by atomic mass is 9.91. The first-order valence-corrected chi connectivity index (χ1v) is 12.9. The number of hydrogen-bond donors (Lipinski definition) is 1. The number of fused-ring (bicyclic) bond motifs is 1. The van der Waals surface area contributed by atoms with E-state index in [2.05, 4.69) is 11.1 Å². The average molecular weight is 472 g/mol. The minimum atomic E-state index is -3.14. The van der Waals surface area contributed by atoms with Gasteiger partial charge in [0, 0.05) is 30.9 Å². The minimum absolute atomic E-state index is 0.0459. The number of nitrogens with zero attached hydrogens (tertiary/aromatic N) is 4. The number of hydrogen-bond acceptors (Lipinski definition) is 7. The van der Waals surface area contributed by atoms with Crippen molar-refractivity contribution in [1.82, 2.24) is 9.38 Å². The summed E-state index contributed by atoms with van der Waals surface area (Å²) in [6.07, 6.45) is 2.08. The number of imidazole rings is 1. The predicted molar refractivity (Wildman–Crippen MR) is 120 cm³/mol. The summed E-state index contributed by atoms with van der Waals surface area (Å²) in [6.45, 7) is 8.05. The molecule has 1 aliphatic rings. The lowest BCUT2D eigenvalue weighted by Crippen LogP contribution is -2.46. The number of nitriles is 1. The summed E-state index contributed by atoms with van der Waals surface area (Å²) in [7, 11) is -3.14. The van der Waals surface area contributed by atoms with Crippen LogP contribution in [0.5, 0.6) is 0 Å². The fraction of sp³-hybridized carbons (Fsp3) is 0.579. The van der Waals surface area contributed by atoms with Gasteiger partial charge in [-0.2, -0.15) is 10.4 Å². The first-order valence-electron chi connectivity index (χ1n) is 9.61. The molecule has 3 unspecified atom stereocenters. The molecule has 2 aromatic rings. The van der Waals surface area contributed by atoms with Crippen molar-refractivity contribution in [2.24, 2.45) is 5.14 Å². The molecule has 0 aromatic carbocycles. The Labute approximate surface area is 185 Å². The van der Waals surface area contributed by atoms with Crippen LogP contribution in [0, 0.1) is 11.3 Å². The third-order valence-corrected chi connectivity index (χ3v) is 9.45. The number of rotatable bonds is 5. The standard InChI is InChI=1S/C19H26ClN5O3S2/c1-12(8-19(3,4)29(22)26)14-7-15(20)17-16(9-21)23-11-25(17)18(14)24-5-6-30(27,28)13(2)10-24/h7,11-13H,5-6,8,10,22H2,1-4H3.